The number of hydrogen-bond acceptors (Lipinski definition) is 3. The molecule has 31 heavy (non-hydrogen) atoms. The molecule has 2 heterocycles. The van der Waals surface area contributed by atoms with Gasteiger partial charge in [-0.15, -0.1) is 0 Å². The van der Waals surface area contributed by atoms with E-state index >= 15 is 0 Å². The molecule has 168 valence electrons. The molecule has 0 aromatic carbocycles. The third-order valence-corrected chi connectivity index (χ3v) is 7.70. The Morgan fingerprint density at radius 1 is 0.677 bits per heavy atom. The zero-order chi connectivity index (χ0) is 21.6. The SMILES string of the molecule is CC(CC1(OC2(CC(C)c3ccccn3)CCCCC2)CCCCC1)c1ccccn1. The van der Waals surface area contributed by atoms with Gasteiger partial charge in [0, 0.05) is 35.6 Å². The van der Waals surface area contributed by atoms with Gasteiger partial charge in [-0.1, -0.05) is 64.5 Å². The van der Waals surface area contributed by atoms with Crippen LogP contribution in [-0.4, -0.2) is 21.2 Å². The van der Waals surface area contributed by atoms with Gasteiger partial charge in [-0.3, -0.25) is 9.97 Å². The van der Waals surface area contributed by atoms with Crippen LogP contribution in [0.3, 0.4) is 0 Å². The summed E-state index contributed by atoms with van der Waals surface area (Å²) in [6.07, 6.45) is 18.7. The van der Waals surface area contributed by atoms with E-state index in [-0.39, 0.29) is 11.2 Å². The summed E-state index contributed by atoms with van der Waals surface area (Å²) >= 11 is 0. The van der Waals surface area contributed by atoms with Crippen molar-refractivity contribution in [1.29, 1.82) is 0 Å². The van der Waals surface area contributed by atoms with Gasteiger partial charge < -0.3 is 4.74 Å². The minimum absolute atomic E-state index is 0.00361. The molecule has 0 aliphatic heterocycles. The van der Waals surface area contributed by atoms with Crippen LogP contribution in [0.4, 0.5) is 0 Å². The first kappa shape index (κ1) is 22.5. The van der Waals surface area contributed by atoms with Crippen LogP contribution in [0, 0.1) is 0 Å². The van der Waals surface area contributed by atoms with Crippen LogP contribution in [-0.2, 0) is 4.74 Å². The highest BCUT2D eigenvalue weighted by Crippen LogP contribution is 2.48. The summed E-state index contributed by atoms with van der Waals surface area (Å²) in [5.74, 6) is 0.848. The summed E-state index contributed by atoms with van der Waals surface area (Å²) in [7, 11) is 0. The predicted octanol–water partition coefficient (Wildman–Crippen LogP) is 7.59. The molecule has 3 nitrogen and oxygen atoms in total. The number of pyridine rings is 2. The number of aromatic nitrogens is 2. The fraction of sp³-hybridized carbons (Fsp3) is 0.643. The van der Waals surface area contributed by atoms with Gasteiger partial charge in [-0.05, 0) is 62.8 Å². The Hall–Kier alpha value is -1.74. The normalized spacial score (nSPS) is 22.5. The van der Waals surface area contributed by atoms with E-state index in [1.807, 2.05) is 24.5 Å². The Balaban J connectivity index is 1.56. The van der Waals surface area contributed by atoms with Crippen molar-refractivity contribution < 1.29 is 4.74 Å². The summed E-state index contributed by atoms with van der Waals surface area (Å²) in [6.45, 7) is 4.68. The fourth-order valence-corrected chi connectivity index (χ4v) is 6.21. The van der Waals surface area contributed by atoms with Crippen LogP contribution in [0.25, 0.3) is 0 Å². The average Bonchev–Trinajstić information content (AvgIpc) is 2.81. The molecule has 2 aromatic heterocycles. The Bertz CT molecular complexity index is 712. The lowest BCUT2D eigenvalue weighted by Crippen LogP contribution is -2.48. The molecule has 4 rings (SSSR count). The molecule has 2 saturated carbocycles. The van der Waals surface area contributed by atoms with Crippen molar-refractivity contribution in [3.05, 3.63) is 60.2 Å². The Morgan fingerprint density at radius 3 is 1.45 bits per heavy atom. The second kappa shape index (κ2) is 10.3. The van der Waals surface area contributed by atoms with Gasteiger partial charge in [0.05, 0.1) is 11.2 Å². The van der Waals surface area contributed by atoms with Gasteiger partial charge in [-0.2, -0.15) is 0 Å². The maximum Gasteiger partial charge on any atom is 0.0696 e. The van der Waals surface area contributed by atoms with Crippen LogP contribution in [0.2, 0.25) is 0 Å². The number of hydrogen-bond donors (Lipinski definition) is 0. The Labute approximate surface area is 189 Å². The molecule has 2 unspecified atom stereocenters. The lowest BCUT2D eigenvalue weighted by Gasteiger charge is -2.49. The summed E-state index contributed by atoms with van der Waals surface area (Å²) in [5, 5.41) is 0. The van der Waals surface area contributed by atoms with Gasteiger partial charge in [0.25, 0.3) is 0 Å². The molecule has 0 saturated heterocycles. The number of rotatable bonds is 8. The first-order valence-corrected chi connectivity index (χ1v) is 12.6. The van der Waals surface area contributed by atoms with Gasteiger partial charge in [0.15, 0.2) is 0 Å². The van der Waals surface area contributed by atoms with Gasteiger partial charge in [0.2, 0.25) is 0 Å². The van der Waals surface area contributed by atoms with Gasteiger partial charge >= 0.3 is 0 Å². The molecule has 0 bridgehead atoms. The molecule has 2 aromatic rings. The Kier molecular flexibility index (Phi) is 7.43. The molecule has 2 atom stereocenters. The molecule has 0 N–H and O–H groups in total. The highest BCUT2D eigenvalue weighted by atomic mass is 16.5. The standard InChI is InChI=1S/C28H40N2O/c1-23(25-13-5-11-19-29-25)21-27(15-7-3-8-16-27)31-28(17-9-4-10-18-28)22-24(2)26-14-6-12-20-30-26/h5-6,11-14,19-20,23-24H,3-4,7-10,15-18,21-22H2,1-2H3. The first-order chi connectivity index (χ1) is 15.1. The van der Waals surface area contributed by atoms with E-state index in [2.05, 4.69) is 48.1 Å². The molecule has 3 heteroatoms. The molecular weight excluding hydrogens is 380 g/mol. The van der Waals surface area contributed by atoms with Crippen molar-refractivity contribution in [2.75, 3.05) is 0 Å². The molecule has 0 spiro atoms. The van der Waals surface area contributed by atoms with Gasteiger partial charge in [0.1, 0.15) is 0 Å². The molecule has 0 radical (unpaired) electrons. The predicted molar refractivity (Wildman–Crippen MR) is 127 cm³/mol. The van der Waals surface area contributed by atoms with Crippen LogP contribution < -0.4 is 0 Å². The molecule has 0 amide bonds. The minimum atomic E-state index is -0.00361. The largest absolute Gasteiger partial charge is 0.369 e. The minimum Gasteiger partial charge on any atom is -0.369 e. The van der Waals surface area contributed by atoms with Crippen LogP contribution >= 0.6 is 0 Å². The summed E-state index contributed by atoms with van der Waals surface area (Å²) < 4.78 is 7.44. The quantitative estimate of drug-likeness (QED) is 0.441. The maximum atomic E-state index is 7.44. The van der Waals surface area contributed by atoms with Crippen molar-refractivity contribution in [3.8, 4) is 0 Å². The molecular formula is C28H40N2O. The second-order valence-electron chi connectivity index (χ2n) is 10.3. The second-order valence-corrected chi connectivity index (χ2v) is 10.3. The van der Waals surface area contributed by atoms with Crippen molar-refractivity contribution in [1.82, 2.24) is 9.97 Å². The van der Waals surface area contributed by atoms with E-state index in [1.54, 1.807) is 0 Å². The third kappa shape index (κ3) is 5.74. The number of ether oxygens (including phenoxy) is 1. The average molecular weight is 421 g/mol. The number of nitrogens with zero attached hydrogens (tertiary/aromatic N) is 2. The van der Waals surface area contributed by atoms with E-state index in [1.165, 1.54) is 75.6 Å². The van der Waals surface area contributed by atoms with E-state index in [9.17, 15) is 0 Å². The topological polar surface area (TPSA) is 35.0 Å². The van der Waals surface area contributed by atoms with E-state index in [0.717, 1.165) is 12.8 Å². The van der Waals surface area contributed by atoms with E-state index in [4.69, 9.17) is 4.74 Å². The summed E-state index contributed by atoms with van der Waals surface area (Å²) in [5.41, 5.74) is 2.40. The van der Waals surface area contributed by atoms with Crippen molar-refractivity contribution in [2.24, 2.45) is 0 Å². The highest BCUT2D eigenvalue weighted by Gasteiger charge is 2.44. The van der Waals surface area contributed by atoms with Gasteiger partial charge in [-0.25, -0.2) is 0 Å². The Morgan fingerprint density at radius 2 is 1.10 bits per heavy atom. The monoisotopic (exact) mass is 420 g/mol. The van der Waals surface area contributed by atoms with Crippen LogP contribution in [0.15, 0.2) is 48.8 Å². The maximum absolute atomic E-state index is 7.44. The van der Waals surface area contributed by atoms with Crippen LogP contribution in [0.5, 0.6) is 0 Å². The van der Waals surface area contributed by atoms with Crippen LogP contribution in [0.1, 0.15) is 114 Å². The molecule has 2 fully saturated rings. The van der Waals surface area contributed by atoms with E-state index in [0.29, 0.717) is 11.8 Å². The lowest BCUT2D eigenvalue weighted by molar-refractivity contribution is -0.194. The summed E-state index contributed by atoms with van der Waals surface area (Å²) in [6, 6.07) is 12.6. The first-order valence-electron chi connectivity index (χ1n) is 12.6. The van der Waals surface area contributed by atoms with Crippen molar-refractivity contribution >= 4 is 0 Å². The zero-order valence-electron chi connectivity index (χ0n) is 19.6. The third-order valence-electron chi connectivity index (χ3n) is 7.70. The zero-order valence-corrected chi connectivity index (χ0v) is 19.6. The fourth-order valence-electron chi connectivity index (χ4n) is 6.21. The molecule has 2 aliphatic carbocycles. The van der Waals surface area contributed by atoms with E-state index < -0.39 is 0 Å². The highest BCUT2D eigenvalue weighted by molar-refractivity contribution is 5.12. The lowest BCUT2D eigenvalue weighted by atomic mass is 9.74. The van der Waals surface area contributed by atoms with Crippen molar-refractivity contribution in [2.45, 2.75) is 114 Å². The van der Waals surface area contributed by atoms with Crippen molar-refractivity contribution in [3.63, 3.8) is 0 Å². The molecule has 2 aliphatic rings. The summed E-state index contributed by atoms with van der Waals surface area (Å²) in [4.78, 5) is 9.33. The smallest absolute Gasteiger partial charge is 0.0696 e.